The molecule has 4 aromatic carbocycles. The highest BCUT2D eigenvalue weighted by atomic mass is 16.6. The van der Waals surface area contributed by atoms with Crippen LogP contribution in [0, 0.1) is 20.2 Å². The Hall–Kier alpha value is -5.38. The number of nitro groups is 2. The van der Waals surface area contributed by atoms with Crippen LogP contribution in [0.4, 0.5) is 22.7 Å². The fraction of sp³-hybridized carbons (Fsp3) is 0.133. The standard InChI is InChI=1S/C30H24N4O6/c1-20-19-28(32(21-11-3-2-4-12-21)30(36)24-15-7-10-18-27(24)34(39)40)22-13-5-8-16-25(22)31(20)29(35)23-14-6-9-17-26(23)33(37)38/h2-18,20,28H,19H2,1H3/t20-,28+/m1/s1. The minimum Gasteiger partial charge on any atom is -0.305 e. The van der Waals surface area contributed by atoms with Crippen LogP contribution < -0.4 is 9.80 Å². The van der Waals surface area contributed by atoms with E-state index in [-0.39, 0.29) is 28.9 Å². The van der Waals surface area contributed by atoms with Crippen molar-refractivity contribution in [1.82, 2.24) is 0 Å². The molecule has 0 aromatic heterocycles. The lowest BCUT2D eigenvalue weighted by atomic mass is 9.89. The molecule has 1 aliphatic heterocycles. The van der Waals surface area contributed by atoms with Gasteiger partial charge in [-0.15, -0.1) is 0 Å². The molecule has 0 N–H and O–H groups in total. The lowest BCUT2D eigenvalue weighted by Gasteiger charge is -2.43. The minimum absolute atomic E-state index is 0.0384. The molecule has 40 heavy (non-hydrogen) atoms. The molecule has 0 radical (unpaired) electrons. The van der Waals surface area contributed by atoms with Gasteiger partial charge >= 0.3 is 0 Å². The molecule has 0 unspecified atom stereocenters. The average Bonchev–Trinajstić information content (AvgIpc) is 2.97. The molecule has 0 spiro atoms. The third-order valence-corrected chi connectivity index (χ3v) is 7.01. The number of hydrogen-bond donors (Lipinski definition) is 0. The van der Waals surface area contributed by atoms with Crippen LogP contribution in [0.25, 0.3) is 0 Å². The number of para-hydroxylation sites is 4. The van der Waals surface area contributed by atoms with Crippen molar-refractivity contribution in [2.75, 3.05) is 9.80 Å². The molecule has 200 valence electrons. The summed E-state index contributed by atoms with van der Waals surface area (Å²) in [4.78, 5) is 53.2. The highest BCUT2D eigenvalue weighted by molar-refractivity contribution is 6.11. The van der Waals surface area contributed by atoms with E-state index in [9.17, 15) is 29.8 Å². The number of anilines is 2. The Morgan fingerprint density at radius 2 is 1.27 bits per heavy atom. The van der Waals surface area contributed by atoms with E-state index < -0.39 is 33.7 Å². The molecule has 0 saturated heterocycles. The zero-order valence-electron chi connectivity index (χ0n) is 21.4. The van der Waals surface area contributed by atoms with Crippen molar-refractivity contribution in [2.45, 2.75) is 25.4 Å². The number of hydrogen-bond acceptors (Lipinski definition) is 6. The van der Waals surface area contributed by atoms with Gasteiger partial charge in [-0.25, -0.2) is 0 Å². The molecule has 2 amide bonds. The first-order chi connectivity index (χ1) is 19.3. The van der Waals surface area contributed by atoms with Crippen LogP contribution >= 0.6 is 0 Å². The number of carbonyl (C=O) groups is 2. The largest absolute Gasteiger partial charge is 0.305 e. The summed E-state index contributed by atoms with van der Waals surface area (Å²) in [5.74, 6) is -1.08. The first-order valence-corrected chi connectivity index (χ1v) is 12.6. The van der Waals surface area contributed by atoms with Crippen molar-refractivity contribution in [2.24, 2.45) is 0 Å². The summed E-state index contributed by atoms with van der Waals surface area (Å²) >= 11 is 0. The molecule has 1 heterocycles. The van der Waals surface area contributed by atoms with Gasteiger partial charge in [-0.1, -0.05) is 60.7 Å². The summed E-state index contributed by atoms with van der Waals surface area (Å²) in [6, 6.07) is 26.5. The van der Waals surface area contributed by atoms with Crippen molar-refractivity contribution in [3.63, 3.8) is 0 Å². The third kappa shape index (κ3) is 4.66. The summed E-state index contributed by atoms with van der Waals surface area (Å²) in [7, 11) is 0. The Balaban J connectivity index is 1.64. The van der Waals surface area contributed by atoms with Gasteiger partial charge in [-0.05, 0) is 49.2 Å². The summed E-state index contributed by atoms with van der Waals surface area (Å²) in [5.41, 5.74) is 0.990. The van der Waals surface area contributed by atoms with E-state index in [1.807, 2.05) is 13.0 Å². The maximum Gasteiger partial charge on any atom is 0.282 e. The Kier molecular flexibility index (Phi) is 7.07. The maximum atomic E-state index is 14.1. The number of amides is 2. The molecule has 1 aliphatic rings. The van der Waals surface area contributed by atoms with Gasteiger partial charge in [0, 0.05) is 29.5 Å². The average molecular weight is 537 g/mol. The van der Waals surface area contributed by atoms with Crippen molar-refractivity contribution in [1.29, 1.82) is 0 Å². The molecule has 0 bridgehead atoms. The number of carbonyl (C=O) groups excluding carboxylic acids is 2. The molecule has 0 aliphatic carbocycles. The van der Waals surface area contributed by atoms with Gasteiger partial charge in [0.2, 0.25) is 0 Å². The molecule has 5 rings (SSSR count). The van der Waals surface area contributed by atoms with Crippen LogP contribution in [0.1, 0.15) is 45.7 Å². The Labute approximate surface area is 229 Å². The van der Waals surface area contributed by atoms with E-state index in [0.29, 0.717) is 16.9 Å². The zero-order valence-corrected chi connectivity index (χ0v) is 21.4. The molecular formula is C30H24N4O6. The highest BCUT2D eigenvalue weighted by Gasteiger charge is 2.41. The number of nitro benzene ring substituents is 2. The van der Waals surface area contributed by atoms with Gasteiger partial charge < -0.3 is 9.80 Å². The van der Waals surface area contributed by atoms with Crippen LogP contribution in [-0.4, -0.2) is 27.7 Å². The van der Waals surface area contributed by atoms with Gasteiger partial charge in [-0.2, -0.15) is 0 Å². The van der Waals surface area contributed by atoms with Crippen molar-refractivity contribution >= 4 is 34.6 Å². The molecule has 0 saturated carbocycles. The van der Waals surface area contributed by atoms with Gasteiger partial charge in [0.25, 0.3) is 23.2 Å². The van der Waals surface area contributed by atoms with Crippen LogP contribution in [0.15, 0.2) is 103 Å². The second-order valence-electron chi connectivity index (χ2n) is 9.39. The second-order valence-corrected chi connectivity index (χ2v) is 9.39. The van der Waals surface area contributed by atoms with Gasteiger partial charge in [0.05, 0.1) is 15.9 Å². The first kappa shape index (κ1) is 26.2. The van der Waals surface area contributed by atoms with E-state index in [0.717, 1.165) is 0 Å². The number of nitrogens with zero attached hydrogens (tertiary/aromatic N) is 4. The lowest BCUT2D eigenvalue weighted by molar-refractivity contribution is -0.385. The smallest absolute Gasteiger partial charge is 0.282 e. The van der Waals surface area contributed by atoms with Gasteiger partial charge in [0.1, 0.15) is 11.1 Å². The van der Waals surface area contributed by atoms with Crippen LogP contribution in [0.3, 0.4) is 0 Å². The Morgan fingerprint density at radius 1 is 0.750 bits per heavy atom. The van der Waals surface area contributed by atoms with E-state index in [1.54, 1.807) is 60.7 Å². The first-order valence-electron chi connectivity index (χ1n) is 12.6. The second kappa shape index (κ2) is 10.8. The number of rotatable bonds is 6. The van der Waals surface area contributed by atoms with Crippen molar-refractivity contribution in [3.8, 4) is 0 Å². The minimum atomic E-state index is -0.587. The molecule has 4 aromatic rings. The van der Waals surface area contributed by atoms with E-state index >= 15 is 0 Å². The van der Waals surface area contributed by atoms with E-state index in [1.165, 1.54) is 46.2 Å². The summed E-state index contributed by atoms with van der Waals surface area (Å²) in [6.45, 7) is 1.81. The fourth-order valence-corrected chi connectivity index (χ4v) is 5.25. The van der Waals surface area contributed by atoms with E-state index in [4.69, 9.17) is 0 Å². The third-order valence-electron chi connectivity index (χ3n) is 7.01. The quantitative estimate of drug-likeness (QED) is 0.209. The Morgan fingerprint density at radius 3 is 1.93 bits per heavy atom. The van der Waals surface area contributed by atoms with Gasteiger partial charge in [0.15, 0.2) is 0 Å². The number of fused-ring (bicyclic) bond motifs is 1. The summed E-state index contributed by atoms with van der Waals surface area (Å²) in [5, 5.41) is 23.4. The fourth-order valence-electron chi connectivity index (χ4n) is 5.25. The molecule has 0 fully saturated rings. The monoisotopic (exact) mass is 536 g/mol. The molecule has 2 atom stereocenters. The molecule has 10 nitrogen and oxygen atoms in total. The normalized spacial score (nSPS) is 16.1. The predicted molar refractivity (Wildman–Crippen MR) is 150 cm³/mol. The lowest BCUT2D eigenvalue weighted by Crippen LogP contribution is -2.48. The maximum absolute atomic E-state index is 14.1. The molecular weight excluding hydrogens is 512 g/mol. The summed E-state index contributed by atoms with van der Waals surface area (Å²) in [6.07, 6.45) is 0.282. The zero-order chi connectivity index (χ0) is 28.4. The predicted octanol–water partition coefficient (Wildman–Crippen LogP) is 6.33. The van der Waals surface area contributed by atoms with Crippen molar-refractivity contribution in [3.05, 3.63) is 140 Å². The number of benzene rings is 4. The topological polar surface area (TPSA) is 127 Å². The van der Waals surface area contributed by atoms with Crippen LogP contribution in [-0.2, 0) is 0 Å². The van der Waals surface area contributed by atoms with Crippen LogP contribution in [0.2, 0.25) is 0 Å². The Bertz CT molecular complexity index is 1620. The van der Waals surface area contributed by atoms with Crippen LogP contribution in [0.5, 0.6) is 0 Å². The van der Waals surface area contributed by atoms with E-state index in [2.05, 4.69) is 0 Å². The van der Waals surface area contributed by atoms with Gasteiger partial charge in [-0.3, -0.25) is 29.8 Å². The summed E-state index contributed by atoms with van der Waals surface area (Å²) < 4.78 is 0. The molecule has 10 heteroatoms. The van der Waals surface area contributed by atoms with Crippen molar-refractivity contribution < 1.29 is 19.4 Å². The SMILES string of the molecule is C[C@@H]1C[C@H](N(C(=O)c2ccccc2[N+](=O)[O-])c2ccccc2)c2ccccc2N1C(=O)c1ccccc1[N+](=O)[O-]. The highest BCUT2D eigenvalue weighted by Crippen LogP contribution is 2.44.